The van der Waals surface area contributed by atoms with Gasteiger partial charge in [0.15, 0.2) is 0 Å². The number of hydrogen-bond donors (Lipinski definition) is 3. The Balaban J connectivity index is 2.98. The van der Waals surface area contributed by atoms with Crippen LogP contribution in [0.2, 0.25) is 0 Å². The fraction of sp³-hybridized carbons (Fsp3) is 0.462. The zero-order valence-electron chi connectivity index (χ0n) is 11.5. The number of carbonyl (C=O) groups excluding carboxylic acids is 2. The lowest BCUT2D eigenvalue weighted by molar-refractivity contribution is -0.117. The monoisotopic (exact) mass is 264 g/mol. The van der Waals surface area contributed by atoms with Crippen LogP contribution in [-0.2, 0) is 4.79 Å². The van der Waals surface area contributed by atoms with Gasteiger partial charge < -0.3 is 16.4 Å². The number of nitrogens with zero attached hydrogens (tertiary/aromatic N) is 1. The van der Waals surface area contributed by atoms with E-state index in [1.807, 2.05) is 20.8 Å². The highest BCUT2D eigenvalue weighted by Crippen LogP contribution is 2.17. The summed E-state index contributed by atoms with van der Waals surface area (Å²) in [5, 5.41) is 5.55. The van der Waals surface area contributed by atoms with Gasteiger partial charge in [-0.25, -0.2) is 4.98 Å². The number of rotatable bonds is 6. The molecule has 0 aliphatic rings. The third kappa shape index (κ3) is 4.57. The second kappa shape index (κ2) is 6.72. The summed E-state index contributed by atoms with van der Waals surface area (Å²) in [5.74, 6) is -0.0418. The van der Waals surface area contributed by atoms with Crippen LogP contribution in [0, 0.1) is 0 Å². The second-order valence-electron chi connectivity index (χ2n) is 4.50. The van der Waals surface area contributed by atoms with Crippen molar-refractivity contribution in [2.75, 3.05) is 18.4 Å². The molecule has 19 heavy (non-hydrogen) atoms. The van der Waals surface area contributed by atoms with E-state index < -0.39 is 5.91 Å². The molecule has 1 rings (SSSR count). The van der Waals surface area contributed by atoms with Gasteiger partial charge in [-0.1, -0.05) is 13.8 Å². The first-order valence-electron chi connectivity index (χ1n) is 6.26. The maximum absolute atomic E-state index is 11.9. The van der Waals surface area contributed by atoms with E-state index in [1.54, 1.807) is 12.1 Å². The number of pyridine rings is 1. The number of anilines is 1. The summed E-state index contributed by atoms with van der Waals surface area (Å²) in [6, 6.07) is 3.38. The maximum atomic E-state index is 11.9. The third-order valence-corrected chi connectivity index (χ3v) is 2.48. The Kier molecular flexibility index (Phi) is 5.29. The Hall–Kier alpha value is -2.11. The molecule has 6 heteroatoms. The molecule has 0 bridgehead atoms. The van der Waals surface area contributed by atoms with Crippen LogP contribution >= 0.6 is 0 Å². The normalized spacial score (nSPS) is 10.3. The molecule has 104 valence electrons. The molecule has 1 aromatic heterocycles. The molecule has 0 radical (unpaired) electrons. The van der Waals surface area contributed by atoms with Crippen LogP contribution in [0.5, 0.6) is 0 Å². The van der Waals surface area contributed by atoms with Crippen molar-refractivity contribution in [1.82, 2.24) is 10.3 Å². The summed E-state index contributed by atoms with van der Waals surface area (Å²) in [6.07, 6.45) is 0. The third-order valence-electron chi connectivity index (χ3n) is 2.48. The van der Waals surface area contributed by atoms with E-state index in [0.717, 1.165) is 12.2 Å². The highest BCUT2D eigenvalue weighted by atomic mass is 16.2. The molecule has 0 aromatic carbocycles. The molecule has 0 aliphatic carbocycles. The van der Waals surface area contributed by atoms with Crippen molar-refractivity contribution in [2.24, 2.45) is 5.73 Å². The van der Waals surface area contributed by atoms with Crippen LogP contribution in [0.4, 0.5) is 5.82 Å². The Morgan fingerprint density at radius 3 is 2.58 bits per heavy atom. The fourth-order valence-corrected chi connectivity index (χ4v) is 1.52. The Morgan fingerprint density at radius 1 is 1.37 bits per heavy atom. The van der Waals surface area contributed by atoms with Crippen molar-refractivity contribution in [1.29, 1.82) is 0 Å². The van der Waals surface area contributed by atoms with Gasteiger partial charge in [0, 0.05) is 17.8 Å². The molecule has 6 nitrogen and oxygen atoms in total. The van der Waals surface area contributed by atoms with Gasteiger partial charge in [0.25, 0.3) is 5.91 Å². The summed E-state index contributed by atoms with van der Waals surface area (Å²) >= 11 is 0. The summed E-state index contributed by atoms with van der Waals surface area (Å²) in [4.78, 5) is 27.0. The van der Waals surface area contributed by atoms with Gasteiger partial charge in [-0.2, -0.15) is 0 Å². The van der Waals surface area contributed by atoms with E-state index >= 15 is 0 Å². The number of primary amides is 1. The standard InChI is InChI=1S/C13H20N4O2/c1-4-15-12-6-9(5-10(17-12)8(2)3)13(19)16-7-11(14)18/h5-6,8H,4,7H2,1-3H3,(H2,14,18)(H,15,17)(H,16,19). The number of aromatic nitrogens is 1. The molecule has 1 aromatic rings. The Bertz CT molecular complexity index is 472. The molecule has 0 unspecified atom stereocenters. The number of carbonyl (C=O) groups is 2. The summed E-state index contributed by atoms with van der Waals surface area (Å²) in [7, 11) is 0. The topological polar surface area (TPSA) is 97.1 Å². The summed E-state index contributed by atoms with van der Waals surface area (Å²) in [5.41, 5.74) is 6.29. The summed E-state index contributed by atoms with van der Waals surface area (Å²) in [6.45, 7) is 6.51. The molecule has 0 saturated heterocycles. The fourth-order valence-electron chi connectivity index (χ4n) is 1.52. The van der Waals surface area contributed by atoms with Crippen molar-refractivity contribution < 1.29 is 9.59 Å². The van der Waals surface area contributed by atoms with Gasteiger partial charge in [-0.15, -0.1) is 0 Å². The predicted octanol–water partition coefficient (Wildman–Crippen LogP) is 0.852. The quantitative estimate of drug-likeness (QED) is 0.709. The minimum absolute atomic E-state index is 0.172. The number of nitrogens with two attached hydrogens (primary N) is 1. The molecule has 0 fully saturated rings. The average molecular weight is 264 g/mol. The molecule has 0 atom stereocenters. The van der Waals surface area contributed by atoms with Crippen LogP contribution < -0.4 is 16.4 Å². The van der Waals surface area contributed by atoms with Crippen LogP contribution in [0.1, 0.15) is 42.7 Å². The first kappa shape index (κ1) is 14.9. The first-order valence-corrected chi connectivity index (χ1v) is 6.26. The lowest BCUT2D eigenvalue weighted by Gasteiger charge is -2.11. The molecule has 0 saturated carbocycles. The van der Waals surface area contributed by atoms with Crippen molar-refractivity contribution in [3.8, 4) is 0 Å². The molecule has 4 N–H and O–H groups in total. The maximum Gasteiger partial charge on any atom is 0.251 e. The van der Waals surface area contributed by atoms with E-state index in [1.165, 1.54) is 0 Å². The van der Waals surface area contributed by atoms with Crippen LogP contribution in [-0.4, -0.2) is 29.9 Å². The van der Waals surface area contributed by atoms with Gasteiger partial charge in [0.1, 0.15) is 5.82 Å². The summed E-state index contributed by atoms with van der Waals surface area (Å²) < 4.78 is 0. The minimum atomic E-state index is -0.571. The second-order valence-corrected chi connectivity index (χ2v) is 4.50. The smallest absolute Gasteiger partial charge is 0.251 e. The van der Waals surface area contributed by atoms with Gasteiger partial charge >= 0.3 is 0 Å². The molecule has 0 aliphatic heterocycles. The van der Waals surface area contributed by atoms with E-state index in [4.69, 9.17) is 5.73 Å². The Morgan fingerprint density at radius 2 is 2.05 bits per heavy atom. The van der Waals surface area contributed by atoms with Crippen molar-refractivity contribution >= 4 is 17.6 Å². The van der Waals surface area contributed by atoms with Crippen molar-refractivity contribution in [2.45, 2.75) is 26.7 Å². The molecule has 0 spiro atoms. The number of nitrogens with one attached hydrogen (secondary N) is 2. The SMILES string of the molecule is CCNc1cc(C(=O)NCC(N)=O)cc(C(C)C)n1. The number of hydrogen-bond acceptors (Lipinski definition) is 4. The van der Waals surface area contributed by atoms with Crippen LogP contribution in [0.15, 0.2) is 12.1 Å². The first-order chi connectivity index (χ1) is 8.93. The van der Waals surface area contributed by atoms with E-state index in [9.17, 15) is 9.59 Å². The molecular weight excluding hydrogens is 244 g/mol. The molecule has 1 heterocycles. The van der Waals surface area contributed by atoms with Gasteiger partial charge in [0.05, 0.1) is 6.54 Å². The lowest BCUT2D eigenvalue weighted by atomic mass is 10.1. The lowest BCUT2D eigenvalue weighted by Crippen LogP contribution is -2.33. The van der Waals surface area contributed by atoms with Crippen LogP contribution in [0.3, 0.4) is 0 Å². The zero-order chi connectivity index (χ0) is 14.4. The largest absolute Gasteiger partial charge is 0.370 e. The van der Waals surface area contributed by atoms with Gasteiger partial charge in [-0.3, -0.25) is 9.59 Å². The van der Waals surface area contributed by atoms with E-state index in [0.29, 0.717) is 11.4 Å². The van der Waals surface area contributed by atoms with Crippen LogP contribution in [0.25, 0.3) is 0 Å². The number of amides is 2. The van der Waals surface area contributed by atoms with E-state index in [2.05, 4.69) is 15.6 Å². The van der Waals surface area contributed by atoms with Gasteiger partial charge in [0.2, 0.25) is 5.91 Å². The van der Waals surface area contributed by atoms with Gasteiger partial charge in [-0.05, 0) is 25.0 Å². The Labute approximate surface area is 112 Å². The zero-order valence-corrected chi connectivity index (χ0v) is 11.5. The highest BCUT2D eigenvalue weighted by Gasteiger charge is 2.12. The molecule has 2 amide bonds. The van der Waals surface area contributed by atoms with E-state index in [-0.39, 0.29) is 18.4 Å². The predicted molar refractivity (Wildman–Crippen MR) is 74.0 cm³/mol. The minimum Gasteiger partial charge on any atom is -0.370 e. The molecular formula is C13H20N4O2. The average Bonchev–Trinajstić information content (AvgIpc) is 2.35. The highest BCUT2D eigenvalue weighted by molar-refractivity contribution is 5.97. The van der Waals surface area contributed by atoms with Crippen molar-refractivity contribution in [3.63, 3.8) is 0 Å². The van der Waals surface area contributed by atoms with Crippen molar-refractivity contribution in [3.05, 3.63) is 23.4 Å².